The molecule has 1 saturated heterocycles. The summed E-state index contributed by atoms with van der Waals surface area (Å²) >= 11 is 0. The van der Waals surface area contributed by atoms with Gasteiger partial charge < -0.3 is 9.32 Å². The summed E-state index contributed by atoms with van der Waals surface area (Å²) in [5, 5.41) is 8.01. The van der Waals surface area contributed by atoms with Crippen LogP contribution in [-0.2, 0) is 0 Å². The zero-order valence-electron chi connectivity index (χ0n) is 19.6. The predicted molar refractivity (Wildman–Crippen MR) is 131 cm³/mol. The van der Waals surface area contributed by atoms with Crippen LogP contribution in [0.2, 0.25) is 0 Å². The third-order valence-electron chi connectivity index (χ3n) is 6.37. The van der Waals surface area contributed by atoms with Gasteiger partial charge in [-0.2, -0.15) is 0 Å². The average Bonchev–Trinajstić information content (AvgIpc) is 3.21. The second-order valence-electron chi connectivity index (χ2n) is 10.5. The molecule has 0 unspecified atom stereocenters. The fraction of sp³-hybridized carbons (Fsp3) is 0.600. The van der Waals surface area contributed by atoms with Crippen LogP contribution in [0.3, 0.4) is 0 Å². The van der Waals surface area contributed by atoms with E-state index >= 15 is 0 Å². The number of anilines is 1. The van der Waals surface area contributed by atoms with E-state index in [0.717, 1.165) is 38.2 Å². The van der Waals surface area contributed by atoms with Crippen molar-refractivity contribution in [1.82, 2.24) is 15.1 Å². The molecule has 1 fully saturated rings. The number of benzene rings is 1. The van der Waals surface area contributed by atoms with Gasteiger partial charge in [-0.25, -0.2) is 0 Å². The molecule has 2 heterocycles. The van der Waals surface area contributed by atoms with Gasteiger partial charge in [0.2, 0.25) is 12.3 Å². The molecular weight excluding hydrogens is 408 g/mol. The van der Waals surface area contributed by atoms with Gasteiger partial charge in [0, 0.05) is 43.0 Å². The van der Waals surface area contributed by atoms with E-state index in [9.17, 15) is 0 Å². The number of aromatic nitrogens is 2. The van der Waals surface area contributed by atoms with Gasteiger partial charge in [-0.1, -0.05) is 46.8 Å². The molecule has 1 aliphatic heterocycles. The molecule has 0 atom stereocenters. The minimum Gasteiger partial charge on any atom is -0.423 e. The summed E-state index contributed by atoms with van der Waals surface area (Å²) in [6.45, 7) is 17.3. The Labute approximate surface area is 193 Å². The Morgan fingerprint density at radius 3 is 2.42 bits per heavy atom. The molecule has 1 aromatic heterocycles. The fourth-order valence-electron chi connectivity index (χ4n) is 5.58. The van der Waals surface area contributed by atoms with Crippen LogP contribution in [0.25, 0.3) is 17.0 Å². The largest absolute Gasteiger partial charge is 0.423 e. The normalized spacial score (nSPS) is 20.8. The smallest absolute Gasteiger partial charge is 0.247 e. The zero-order valence-corrected chi connectivity index (χ0v) is 20.5. The van der Waals surface area contributed by atoms with E-state index in [1.54, 1.807) is 0 Å². The molecule has 0 N–H and O–H groups in total. The molecule has 5 nitrogen and oxygen atoms in total. The van der Waals surface area contributed by atoms with Crippen molar-refractivity contribution in [3.05, 3.63) is 36.2 Å². The van der Waals surface area contributed by atoms with Gasteiger partial charge in [-0.05, 0) is 54.3 Å². The average molecular weight is 445 g/mol. The lowest BCUT2D eigenvalue weighted by Gasteiger charge is -2.41. The van der Waals surface area contributed by atoms with Crippen molar-refractivity contribution in [2.75, 3.05) is 37.6 Å². The minimum absolute atomic E-state index is 0. The summed E-state index contributed by atoms with van der Waals surface area (Å²) in [6.07, 6.45) is 7.46. The van der Waals surface area contributed by atoms with Crippen LogP contribution in [0.4, 0.5) is 5.69 Å². The highest BCUT2D eigenvalue weighted by molar-refractivity contribution is 5.85. The molecule has 0 saturated carbocycles. The van der Waals surface area contributed by atoms with E-state index in [4.69, 9.17) is 4.42 Å². The Kier molecular flexibility index (Phi) is 7.17. The minimum atomic E-state index is 0. The van der Waals surface area contributed by atoms with Crippen molar-refractivity contribution in [1.29, 1.82) is 0 Å². The Morgan fingerprint density at radius 2 is 1.81 bits per heavy atom. The number of rotatable bonds is 5. The maximum Gasteiger partial charge on any atom is 0.247 e. The summed E-state index contributed by atoms with van der Waals surface area (Å²) in [5.41, 5.74) is 5.65. The van der Waals surface area contributed by atoms with Crippen molar-refractivity contribution in [3.8, 4) is 11.5 Å². The first-order chi connectivity index (χ1) is 14.3. The summed E-state index contributed by atoms with van der Waals surface area (Å²) < 4.78 is 5.50. The second-order valence-corrected chi connectivity index (χ2v) is 10.5. The first kappa shape index (κ1) is 23.8. The lowest BCUT2D eigenvalue weighted by atomic mass is 9.65. The van der Waals surface area contributed by atoms with E-state index < -0.39 is 0 Å². The van der Waals surface area contributed by atoms with Crippen LogP contribution in [0.15, 0.2) is 35.1 Å². The van der Waals surface area contributed by atoms with Crippen molar-refractivity contribution in [3.63, 3.8) is 0 Å². The number of halogens is 1. The molecular formula is C25H37ClN4O. The van der Waals surface area contributed by atoms with Gasteiger partial charge in [0.1, 0.15) is 0 Å². The summed E-state index contributed by atoms with van der Waals surface area (Å²) in [4.78, 5) is 5.13. The van der Waals surface area contributed by atoms with Gasteiger partial charge in [0.25, 0.3) is 0 Å². The number of nitrogens with zero attached hydrogens (tertiary/aromatic N) is 4. The summed E-state index contributed by atoms with van der Waals surface area (Å²) in [5.74, 6) is 0.589. The van der Waals surface area contributed by atoms with E-state index in [1.807, 2.05) is 0 Å². The fourth-order valence-corrected chi connectivity index (χ4v) is 5.58. The summed E-state index contributed by atoms with van der Waals surface area (Å²) in [7, 11) is 0. The molecule has 1 aromatic carbocycles. The molecule has 6 heteroatoms. The van der Waals surface area contributed by atoms with E-state index in [2.05, 4.69) is 78.9 Å². The van der Waals surface area contributed by atoms with Crippen LogP contribution in [-0.4, -0.2) is 47.8 Å². The number of hydrogen-bond acceptors (Lipinski definition) is 5. The standard InChI is InChI=1S/C25H36N4O.ClH/c1-6-9-28-10-12-29(13-11-28)22-14-19(23-27-26-18-30-23)7-8-21(22)20-15-24(2,3)17-25(4,5)16-20;/h7-8,14-15,18H,6,9-13,16-17H2,1-5H3;1H. The Hall–Kier alpha value is -1.85. The number of hydrogen-bond donors (Lipinski definition) is 0. The zero-order chi connectivity index (χ0) is 21.4. The van der Waals surface area contributed by atoms with Crippen LogP contribution >= 0.6 is 12.4 Å². The molecule has 31 heavy (non-hydrogen) atoms. The van der Waals surface area contributed by atoms with Gasteiger partial charge in [-0.15, -0.1) is 22.6 Å². The highest BCUT2D eigenvalue weighted by Gasteiger charge is 2.34. The van der Waals surface area contributed by atoms with Crippen molar-refractivity contribution < 1.29 is 4.42 Å². The van der Waals surface area contributed by atoms with Crippen molar-refractivity contribution in [2.24, 2.45) is 10.8 Å². The molecule has 1 aliphatic carbocycles. The molecule has 2 aromatic rings. The molecule has 0 bridgehead atoms. The van der Waals surface area contributed by atoms with Crippen LogP contribution in [0.5, 0.6) is 0 Å². The topological polar surface area (TPSA) is 45.4 Å². The third-order valence-corrected chi connectivity index (χ3v) is 6.37. The molecule has 2 aliphatic rings. The molecule has 0 amide bonds. The third kappa shape index (κ3) is 5.50. The molecule has 170 valence electrons. The Bertz CT molecular complexity index is 896. The Morgan fingerprint density at radius 1 is 1.06 bits per heavy atom. The molecule has 0 radical (unpaired) electrons. The maximum atomic E-state index is 5.50. The first-order valence-electron chi connectivity index (χ1n) is 11.4. The van der Waals surface area contributed by atoms with E-state index in [-0.39, 0.29) is 17.8 Å². The van der Waals surface area contributed by atoms with Gasteiger partial charge >= 0.3 is 0 Å². The predicted octanol–water partition coefficient (Wildman–Crippen LogP) is 5.92. The van der Waals surface area contributed by atoms with E-state index in [0.29, 0.717) is 11.3 Å². The van der Waals surface area contributed by atoms with Crippen LogP contribution < -0.4 is 4.90 Å². The van der Waals surface area contributed by atoms with Crippen LogP contribution in [0, 0.1) is 10.8 Å². The second kappa shape index (κ2) is 9.33. The van der Waals surface area contributed by atoms with Gasteiger partial charge in [0.15, 0.2) is 0 Å². The van der Waals surface area contributed by atoms with Crippen molar-refractivity contribution >= 4 is 23.7 Å². The molecule has 0 spiro atoms. The van der Waals surface area contributed by atoms with Gasteiger partial charge in [-0.3, -0.25) is 4.90 Å². The lowest BCUT2D eigenvalue weighted by molar-refractivity contribution is 0.228. The van der Waals surface area contributed by atoms with Gasteiger partial charge in [0.05, 0.1) is 0 Å². The summed E-state index contributed by atoms with van der Waals surface area (Å²) in [6, 6.07) is 6.67. The Balaban J connectivity index is 0.00000272. The monoisotopic (exact) mass is 444 g/mol. The quantitative estimate of drug-likeness (QED) is 0.572. The number of piperazine rings is 1. The lowest BCUT2D eigenvalue weighted by Crippen LogP contribution is -2.46. The molecule has 4 rings (SSSR count). The highest BCUT2D eigenvalue weighted by atomic mass is 35.5. The maximum absolute atomic E-state index is 5.50. The van der Waals surface area contributed by atoms with E-state index in [1.165, 1.54) is 42.6 Å². The van der Waals surface area contributed by atoms with Crippen molar-refractivity contribution in [2.45, 2.75) is 53.9 Å². The van der Waals surface area contributed by atoms with Crippen LogP contribution in [0.1, 0.15) is 59.4 Å². The number of allylic oxidation sites excluding steroid dienone is 2. The first-order valence-corrected chi connectivity index (χ1v) is 11.4. The SMILES string of the molecule is CCCN1CCN(c2cc(-c3nnco3)ccc2C2=CC(C)(C)CC(C)(C)C2)CC1.Cl. The highest BCUT2D eigenvalue weighted by Crippen LogP contribution is 2.49.